The number of halogens is 1. The maximum atomic E-state index is 11.5. The number of Topliss-reactive ketones (excluding diaryl/α,β-unsaturated/α-hetero) is 1. The maximum absolute atomic E-state index is 11.5. The molecule has 13 heavy (non-hydrogen) atoms. The van der Waals surface area contributed by atoms with Crippen molar-refractivity contribution in [3.63, 3.8) is 0 Å². The fourth-order valence-corrected chi connectivity index (χ4v) is 1.35. The summed E-state index contributed by atoms with van der Waals surface area (Å²) in [6, 6.07) is 1.73. The molecule has 0 saturated heterocycles. The first kappa shape index (κ1) is 10.5. The van der Waals surface area contributed by atoms with Crippen LogP contribution in [0.4, 0.5) is 0 Å². The summed E-state index contributed by atoms with van der Waals surface area (Å²) in [4.78, 5) is 13.4. The molecule has 1 aromatic rings. The van der Waals surface area contributed by atoms with Gasteiger partial charge in [-0.3, -0.25) is 4.79 Å². The van der Waals surface area contributed by atoms with Crippen LogP contribution < -0.4 is 0 Å². The zero-order valence-corrected chi connectivity index (χ0v) is 9.30. The zero-order chi connectivity index (χ0) is 9.84. The van der Waals surface area contributed by atoms with E-state index in [1.165, 1.54) is 6.26 Å². The molecule has 0 amide bonds. The number of rotatable bonds is 4. The number of furan rings is 1. The fourth-order valence-electron chi connectivity index (χ4n) is 0.931. The van der Waals surface area contributed by atoms with Crippen molar-refractivity contribution in [2.45, 2.75) is 6.42 Å². The number of hydrogen-bond acceptors (Lipinski definition) is 3. The van der Waals surface area contributed by atoms with Gasteiger partial charge in [0.1, 0.15) is 0 Å². The second-order valence-electron chi connectivity index (χ2n) is 3.07. The number of carbonyl (C=O) groups excluding carboxylic acids is 1. The summed E-state index contributed by atoms with van der Waals surface area (Å²) in [5.41, 5.74) is 0. The molecule has 1 heterocycles. The Labute approximate surface area is 85.8 Å². The molecule has 0 radical (unpaired) electrons. The van der Waals surface area contributed by atoms with E-state index in [4.69, 9.17) is 4.42 Å². The van der Waals surface area contributed by atoms with E-state index in [2.05, 4.69) is 15.9 Å². The predicted octanol–water partition coefficient (Wildman–Crippen LogP) is 2.18. The SMILES string of the molecule is CN(C)CCC(=O)c1occc1Br. The summed E-state index contributed by atoms with van der Waals surface area (Å²) in [7, 11) is 3.87. The molecule has 1 rings (SSSR count). The molecule has 0 aliphatic carbocycles. The van der Waals surface area contributed by atoms with Crippen molar-refractivity contribution >= 4 is 21.7 Å². The van der Waals surface area contributed by atoms with Gasteiger partial charge in [0.25, 0.3) is 0 Å². The summed E-state index contributed by atoms with van der Waals surface area (Å²) < 4.78 is 5.78. The smallest absolute Gasteiger partial charge is 0.200 e. The quantitative estimate of drug-likeness (QED) is 0.763. The van der Waals surface area contributed by atoms with Crippen LogP contribution in [0.15, 0.2) is 21.2 Å². The van der Waals surface area contributed by atoms with Gasteiger partial charge < -0.3 is 9.32 Å². The highest BCUT2D eigenvalue weighted by Gasteiger charge is 2.13. The first-order valence-electron chi connectivity index (χ1n) is 4.02. The van der Waals surface area contributed by atoms with Crippen LogP contribution in [0, 0.1) is 0 Å². The van der Waals surface area contributed by atoms with Crippen molar-refractivity contribution in [3.8, 4) is 0 Å². The Morgan fingerprint density at radius 2 is 2.31 bits per heavy atom. The summed E-state index contributed by atoms with van der Waals surface area (Å²) >= 11 is 3.25. The Bertz CT molecular complexity index is 294. The molecular weight excluding hydrogens is 234 g/mol. The molecule has 0 spiro atoms. The van der Waals surface area contributed by atoms with Gasteiger partial charge in [0, 0.05) is 13.0 Å². The van der Waals surface area contributed by atoms with Gasteiger partial charge in [-0.25, -0.2) is 0 Å². The van der Waals surface area contributed by atoms with Crippen LogP contribution in [0.3, 0.4) is 0 Å². The molecular formula is C9H12BrNO2. The maximum Gasteiger partial charge on any atom is 0.200 e. The van der Waals surface area contributed by atoms with Gasteiger partial charge in [-0.15, -0.1) is 0 Å². The van der Waals surface area contributed by atoms with E-state index in [1.54, 1.807) is 6.07 Å². The molecule has 1 aromatic heterocycles. The minimum absolute atomic E-state index is 0.0329. The van der Waals surface area contributed by atoms with Crippen LogP contribution in [0.1, 0.15) is 17.0 Å². The highest BCUT2D eigenvalue weighted by atomic mass is 79.9. The predicted molar refractivity (Wildman–Crippen MR) is 53.9 cm³/mol. The lowest BCUT2D eigenvalue weighted by Crippen LogP contribution is -2.16. The molecule has 3 nitrogen and oxygen atoms in total. The molecule has 0 N–H and O–H groups in total. The number of hydrogen-bond donors (Lipinski definition) is 0. The minimum atomic E-state index is 0.0329. The minimum Gasteiger partial charge on any atom is -0.460 e. The molecule has 0 saturated carbocycles. The second kappa shape index (κ2) is 4.58. The molecule has 0 aliphatic rings. The third kappa shape index (κ3) is 2.97. The normalized spacial score (nSPS) is 10.8. The number of nitrogens with zero attached hydrogens (tertiary/aromatic N) is 1. The van der Waals surface area contributed by atoms with Crippen molar-refractivity contribution < 1.29 is 9.21 Å². The van der Waals surface area contributed by atoms with Crippen LogP contribution in [0.2, 0.25) is 0 Å². The molecule has 0 atom stereocenters. The van der Waals surface area contributed by atoms with E-state index in [1.807, 2.05) is 19.0 Å². The van der Waals surface area contributed by atoms with Crippen molar-refractivity contribution in [1.82, 2.24) is 4.90 Å². The van der Waals surface area contributed by atoms with E-state index in [-0.39, 0.29) is 5.78 Å². The van der Waals surface area contributed by atoms with Crippen LogP contribution in [0.5, 0.6) is 0 Å². The number of ketones is 1. The van der Waals surface area contributed by atoms with Crippen LogP contribution in [0.25, 0.3) is 0 Å². The molecule has 72 valence electrons. The summed E-state index contributed by atoms with van der Waals surface area (Å²) in [5, 5.41) is 0. The van der Waals surface area contributed by atoms with Crippen molar-refractivity contribution in [3.05, 3.63) is 22.6 Å². The fraction of sp³-hybridized carbons (Fsp3) is 0.444. The monoisotopic (exact) mass is 245 g/mol. The van der Waals surface area contributed by atoms with Gasteiger partial charge in [-0.2, -0.15) is 0 Å². The van der Waals surface area contributed by atoms with Gasteiger partial charge in [0.05, 0.1) is 10.7 Å². The van der Waals surface area contributed by atoms with E-state index in [9.17, 15) is 4.79 Å². The molecule has 0 fully saturated rings. The summed E-state index contributed by atoms with van der Waals surface area (Å²) in [6.45, 7) is 0.742. The topological polar surface area (TPSA) is 33.5 Å². The highest BCUT2D eigenvalue weighted by molar-refractivity contribution is 9.10. The first-order chi connectivity index (χ1) is 6.11. The highest BCUT2D eigenvalue weighted by Crippen LogP contribution is 2.18. The largest absolute Gasteiger partial charge is 0.460 e. The summed E-state index contributed by atoms with van der Waals surface area (Å²) in [6.07, 6.45) is 1.99. The van der Waals surface area contributed by atoms with Gasteiger partial charge in [-0.1, -0.05) is 0 Å². The third-order valence-electron chi connectivity index (χ3n) is 1.66. The van der Waals surface area contributed by atoms with Crippen molar-refractivity contribution in [2.24, 2.45) is 0 Å². The van der Waals surface area contributed by atoms with Crippen LogP contribution in [-0.4, -0.2) is 31.3 Å². The Balaban J connectivity index is 2.54. The lowest BCUT2D eigenvalue weighted by molar-refractivity contribution is 0.0944. The zero-order valence-electron chi connectivity index (χ0n) is 7.71. The van der Waals surface area contributed by atoms with E-state index in [0.29, 0.717) is 12.2 Å². The molecule has 0 aromatic carbocycles. The van der Waals surface area contributed by atoms with Gasteiger partial charge in [0.2, 0.25) is 0 Å². The molecule has 4 heteroatoms. The van der Waals surface area contributed by atoms with Gasteiger partial charge >= 0.3 is 0 Å². The second-order valence-corrected chi connectivity index (χ2v) is 3.93. The lowest BCUT2D eigenvalue weighted by Gasteiger charge is -2.06. The molecule has 0 bridgehead atoms. The van der Waals surface area contributed by atoms with Crippen LogP contribution in [-0.2, 0) is 0 Å². The number of carbonyl (C=O) groups is 1. The molecule has 0 unspecified atom stereocenters. The van der Waals surface area contributed by atoms with Gasteiger partial charge in [0.15, 0.2) is 11.5 Å². The first-order valence-corrected chi connectivity index (χ1v) is 4.81. The van der Waals surface area contributed by atoms with E-state index < -0.39 is 0 Å². The average molecular weight is 246 g/mol. The lowest BCUT2D eigenvalue weighted by atomic mass is 10.2. The Morgan fingerprint density at radius 3 is 2.77 bits per heavy atom. The van der Waals surface area contributed by atoms with Crippen molar-refractivity contribution in [1.29, 1.82) is 0 Å². The molecule has 0 aliphatic heterocycles. The van der Waals surface area contributed by atoms with Crippen molar-refractivity contribution in [2.75, 3.05) is 20.6 Å². The van der Waals surface area contributed by atoms with E-state index in [0.717, 1.165) is 11.0 Å². The van der Waals surface area contributed by atoms with Gasteiger partial charge in [-0.05, 0) is 36.1 Å². The van der Waals surface area contributed by atoms with E-state index >= 15 is 0 Å². The Hall–Kier alpha value is -0.610. The Morgan fingerprint density at radius 1 is 1.62 bits per heavy atom. The average Bonchev–Trinajstić information content (AvgIpc) is 2.47. The third-order valence-corrected chi connectivity index (χ3v) is 2.28. The standard InChI is InChI=1S/C9H12BrNO2/c1-11(2)5-3-8(12)9-7(10)4-6-13-9/h4,6H,3,5H2,1-2H3. The summed E-state index contributed by atoms with van der Waals surface area (Å²) in [5.74, 6) is 0.451. The van der Waals surface area contributed by atoms with Crippen LogP contribution >= 0.6 is 15.9 Å². The Kier molecular flexibility index (Phi) is 3.69.